The molecule has 0 saturated heterocycles. The fourth-order valence-corrected chi connectivity index (χ4v) is 7.26. The van der Waals surface area contributed by atoms with Gasteiger partial charge in [-0.1, -0.05) is 6.58 Å². The highest BCUT2D eigenvalue weighted by Crippen LogP contribution is 2.52. The maximum Gasteiger partial charge on any atom is 0.346 e. The predicted molar refractivity (Wildman–Crippen MR) is 152 cm³/mol. The van der Waals surface area contributed by atoms with Crippen molar-refractivity contribution in [3.8, 4) is 0 Å². The van der Waals surface area contributed by atoms with Gasteiger partial charge in [-0.05, 0) is 132 Å². The van der Waals surface area contributed by atoms with Crippen LogP contribution in [0.5, 0.6) is 0 Å². The van der Waals surface area contributed by atoms with Gasteiger partial charge in [0.15, 0.2) is 0 Å². The highest BCUT2D eigenvalue weighted by molar-refractivity contribution is 6.42. The van der Waals surface area contributed by atoms with E-state index in [-0.39, 0.29) is 5.63 Å². The molecule has 38 heavy (non-hydrogen) atoms. The van der Waals surface area contributed by atoms with Crippen LogP contribution in [0, 0.1) is 55.4 Å². The second-order valence-corrected chi connectivity index (χ2v) is 11.0. The van der Waals surface area contributed by atoms with Gasteiger partial charge in [0.05, 0.1) is 16.5 Å². The zero-order chi connectivity index (χ0) is 27.3. The molecule has 0 bridgehead atoms. The molecule has 5 aromatic carbocycles. The van der Waals surface area contributed by atoms with Gasteiger partial charge in [0.2, 0.25) is 0 Å². The molecule has 1 aliphatic heterocycles. The summed E-state index contributed by atoms with van der Waals surface area (Å²) < 4.78 is 10.9. The molecule has 0 aliphatic carbocycles. The summed E-state index contributed by atoms with van der Waals surface area (Å²) in [7, 11) is 0. The Morgan fingerprint density at radius 2 is 0.763 bits per heavy atom. The highest BCUT2D eigenvalue weighted by Gasteiger charge is 2.36. The lowest BCUT2D eigenvalue weighted by Crippen LogP contribution is -2.23. The van der Waals surface area contributed by atoms with Gasteiger partial charge in [0.25, 0.3) is 0 Å². The minimum absolute atomic E-state index is 0.369. The van der Waals surface area contributed by atoms with Gasteiger partial charge in [0, 0.05) is 16.2 Å². The first-order valence-corrected chi connectivity index (χ1v) is 12.8. The lowest BCUT2D eigenvalue weighted by Gasteiger charge is -2.29. The Bertz CT molecular complexity index is 2140. The third kappa shape index (κ3) is 2.24. The molecule has 0 spiro atoms. The quantitative estimate of drug-likeness (QED) is 0.0994. The van der Waals surface area contributed by atoms with Crippen LogP contribution >= 0.6 is 0 Å². The molecular formula is C33H26O5. The number of cyclic esters (lactones) is 2. The van der Waals surface area contributed by atoms with Crippen LogP contribution in [0.1, 0.15) is 65.2 Å². The molecule has 0 radical (unpaired) electrons. The molecule has 2 heterocycles. The largest absolute Gasteiger partial charge is 0.423 e. The van der Waals surface area contributed by atoms with Crippen molar-refractivity contribution in [1.82, 2.24) is 0 Å². The SMILES string of the molecule is C=c1oc(=O)c2c(C)c(C)c3c4c(C)c(C)c5c6c(c(C)c(C)c(c7c(C)c(C)c1c2c73)c64)C(=O)OC5=O. The van der Waals surface area contributed by atoms with Crippen LogP contribution in [-0.2, 0) is 4.74 Å². The summed E-state index contributed by atoms with van der Waals surface area (Å²) in [6.45, 7) is 20.2. The smallest absolute Gasteiger partial charge is 0.346 e. The van der Waals surface area contributed by atoms with Crippen LogP contribution in [0.3, 0.4) is 0 Å². The Kier molecular flexibility index (Phi) is 4.09. The molecule has 0 saturated carbocycles. The normalized spacial score (nSPS) is 13.8. The van der Waals surface area contributed by atoms with Crippen molar-refractivity contribution in [3.05, 3.63) is 71.5 Å². The molecule has 0 atom stereocenters. The first-order valence-electron chi connectivity index (χ1n) is 12.8. The van der Waals surface area contributed by atoms with E-state index in [1.54, 1.807) is 0 Å². The summed E-state index contributed by atoms with van der Waals surface area (Å²) in [5.74, 6) is -1.19. The molecule has 0 unspecified atom stereocenters. The average Bonchev–Trinajstić information content (AvgIpc) is 2.85. The molecule has 0 N–H and O–H groups in total. The number of hydrogen-bond donors (Lipinski definition) is 0. The van der Waals surface area contributed by atoms with Crippen molar-refractivity contribution >= 4 is 72.4 Å². The number of aryl methyl sites for hydroxylation is 6. The summed E-state index contributed by atoms with van der Waals surface area (Å²) in [4.78, 5) is 39.6. The number of hydrogen-bond acceptors (Lipinski definition) is 5. The van der Waals surface area contributed by atoms with Crippen molar-refractivity contribution in [1.29, 1.82) is 0 Å². The van der Waals surface area contributed by atoms with Gasteiger partial charge >= 0.3 is 17.6 Å². The van der Waals surface area contributed by atoms with E-state index in [9.17, 15) is 14.4 Å². The Balaban J connectivity index is 2.06. The number of benzene rings is 5. The first-order chi connectivity index (χ1) is 17.9. The Hall–Kier alpha value is -4.25. The van der Waals surface area contributed by atoms with Crippen LogP contribution in [0.25, 0.3) is 60.4 Å². The van der Waals surface area contributed by atoms with Crippen molar-refractivity contribution in [2.75, 3.05) is 0 Å². The Labute approximate surface area is 218 Å². The monoisotopic (exact) mass is 502 g/mol. The number of esters is 2. The zero-order valence-corrected chi connectivity index (χ0v) is 22.7. The molecule has 5 heteroatoms. The second-order valence-electron chi connectivity index (χ2n) is 11.0. The van der Waals surface area contributed by atoms with Gasteiger partial charge in [-0.25, -0.2) is 14.4 Å². The Morgan fingerprint density at radius 1 is 0.421 bits per heavy atom. The van der Waals surface area contributed by atoms with Crippen molar-refractivity contribution < 1.29 is 18.7 Å². The number of carbonyl (C=O) groups excluding carboxylic acids is 2. The number of fused-ring (bicyclic) bond motifs is 2. The van der Waals surface area contributed by atoms with Crippen LogP contribution < -0.4 is 11.0 Å². The van der Waals surface area contributed by atoms with E-state index in [0.717, 1.165) is 87.6 Å². The van der Waals surface area contributed by atoms with E-state index in [4.69, 9.17) is 9.15 Å². The third-order valence-electron chi connectivity index (χ3n) is 9.54. The van der Waals surface area contributed by atoms with E-state index in [1.165, 1.54) is 0 Å². The molecule has 0 fully saturated rings. The summed E-state index contributed by atoms with van der Waals surface area (Å²) in [6.07, 6.45) is 0. The first kappa shape index (κ1) is 22.9. The van der Waals surface area contributed by atoms with Crippen molar-refractivity contribution in [2.45, 2.75) is 55.4 Å². The van der Waals surface area contributed by atoms with E-state index in [1.807, 2.05) is 48.5 Å². The predicted octanol–water partition coefficient (Wildman–Crippen LogP) is 6.75. The van der Waals surface area contributed by atoms with Crippen molar-refractivity contribution in [2.24, 2.45) is 0 Å². The molecule has 5 nitrogen and oxygen atoms in total. The molecule has 6 aromatic rings. The third-order valence-corrected chi connectivity index (χ3v) is 9.54. The van der Waals surface area contributed by atoms with Gasteiger partial charge in [0.1, 0.15) is 5.42 Å². The van der Waals surface area contributed by atoms with E-state index in [2.05, 4.69) is 13.5 Å². The second kappa shape index (κ2) is 6.79. The van der Waals surface area contributed by atoms with Gasteiger partial charge in [-0.3, -0.25) is 0 Å². The highest BCUT2D eigenvalue weighted by atomic mass is 16.6. The summed E-state index contributed by atoms with van der Waals surface area (Å²) in [5.41, 5.74) is 8.39. The fraction of sp³-hybridized carbons (Fsp3) is 0.242. The van der Waals surface area contributed by atoms with Crippen LogP contribution in [-0.4, -0.2) is 11.9 Å². The van der Waals surface area contributed by atoms with E-state index in [0.29, 0.717) is 27.3 Å². The zero-order valence-electron chi connectivity index (χ0n) is 22.7. The van der Waals surface area contributed by atoms with Crippen LogP contribution in [0.2, 0.25) is 0 Å². The standard InChI is InChI=1S/C33H26O5/c1-10-11(2)20-22-13(4)16(7)25-30-26(33(36)38-32(25)35)17(8)14(5)23(29(22)30)21-12(3)15(6)24-27(28(20)21)19(10)18(9)37-31(24)34/h9H2,1-8H3. The van der Waals surface area contributed by atoms with Gasteiger partial charge in [-0.15, -0.1) is 0 Å². The molecule has 188 valence electrons. The number of carbonyl (C=O) groups is 2. The molecule has 7 rings (SSSR count). The van der Waals surface area contributed by atoms with Crippen molar-refractivity contribution in [3.63, 3.8) is 0 Å². The molecule has 1 aromatic heterocycles. The van der Waals surface area contributed by atoms with Crippen LogP contribution in [0.15, 0.2) is 9.21 Å². The minimum atomic E-state index is -0.597. The topological polar surface area (TPSA) is 73.6 Å². The van der Waals surface area contributed by atoms with E-state index < -0.39 is 11.9 Å². The molecular weight excluding hydrogens is 476 g/mol. The van der Waals surface area contributed by atoms with Gasteiger partial charge < -0.3 is 9.15 Å². The number of ether oxygens (including phenoxy) is 1. The molecule has 1 aliphatic rings. The lowest BCUT2D eigenvalue weighted by molar-refractivity contribution is 0.0390. The summed E-state index contributed by atoms with van der Waals surface area (Å²) >= 11 is 0. The van der Waals surface area contributed by atoms with E-state index >= 15 is 0 Å². The minimum Gasteiger partial charge on any atom is -0.423 e. The maximum absolute atomic E-state index is 13.3. The summed E-state index contributed by atoms with van der Waals surface area (Å²) in [5, 5.41) is 9.08. The average molecular weight is 503 g/mol. The lowest BCUT2D eigenvalue weighted by atomic mass is 9.75. The van der Waals surface area contributed by atoms with Gasteiger partial charge in [-0.2, -0.15) is 0 Å². The Morgan fingerprint density at radius 3 is 1.24 bits per heavy atom. The van der Waals surface area contributed by atoms with Crippen LogP contribution in [0.4, 0.5) is 0 Å². The molecule has 0 amide bonds. The fourth-order valence-electron chi connectivity index (χ4n) is 7.26. The maximum atomic E-state index is 13.3. The number of rotatable bonds is 0. The summed E-state index contributed by atoms with van der Waals surface area (Å²) in [6, 6.07) is 0.